The molecule has 2 rings (SSSR count). The monoisotopic (exact) mass is 178 g/mol. The van der Waals surface area contributed by atoms with Crippen LogP contribution < -0.4 is 0 Å². The Morgan fingerprint density at radius 3 is 1.36 bits per heavy atom. The van der Waals surface area contributed by atoms with Crippen LogP contribution in [0.2, 0.25) is 0 Å². The Morgan fingerprint density at radius 2 is 1.27 bits per heavy atom. The van der Waals surface area contributed by atoms with Crippen LogP contribution in [-0.4, -0.2) is 0 Å². The smallest absolute Gasteiger partial charge is 0.273 e. The van der Waals surface area contributed by atoms with Crippen molar-refractivity contribution < 1.29 is 21.7 Å². The molecule has 0 aliphatic heterocycles. The number of allylic oxidation sites excluding steroid dienone is 8. The van der Waals surface area contributed by atoms with Crippen LogP contribution in [-0.2, 0) is 21.7 Å². The van der Waals surface area contributed by atoms with Gasteiger partial charge >= 0.3 is 21.7 Å². The molecule has 2 aliphatic carbocycles. The van der Waals surface area contributed by atoms with Gasteiger partial charge in [0.2, 0.25) is 0 Å². The zero-order valence-electron chi connectivity index (χ0n) is 6.38. The van der Waals surface area contributed by atoms with Crippen LogP contribution in [0.25, 0.3) is 0 Å². The van der Waals surface area contributed by atoms with E-state index in [1.165, 1.54) is 0 Å². The Balaban J connectivity index is 0.000000167. The summed E-state index contributed by atoms with van der Waals surface area (Å²) in [5, 5.41) is 0. The van der Waals surface area contributed by atoms with E-state index >= 15 is 0 Å². The molecule has 0 radical (unpaired) electrons. The van der Waals surface area contributed by atoms with E-state index in [1.807, 2.05) is 24.3 Å². The van der Waals surface area contributed by atoms with Crippen LogP contribution >= 0.6 is 0 Å². The molecule has 0 amide bonds. The van der Waals surface area contributed by atoms with Gasteiger partial charge in [-0.25, -0.2) is 24.3 Å². The summed E-state index contributed by atoms with van der Waals surface area (Å²) in [4.78, 5) is 0. The molecule has 0 aromatic heterocycles. The van der Waals surface area contributed by atoms with Crippen LogP contribution in [0.5, 0.6) is 0 Å². The van der Waals surface area contributed by atoms with E-state index in [0.29, 0.717) is 0 Å². The van der Waals surface area contributed by atoms with Gasteiger partial charge in [0.25, 0.3) is 0 Å². The van der Waals surface area contributed by atoms with E-state index < -0.39 is 0 Å². The predicted octanol–water partition coefficient (Wildman–Crippen LogP) is 2.61. The maximum atomic E-state index is 2.99. The molecule has 0 saturated carbocycles. The molecule has 0 bridgehead atoms. The van der Waals surface area contributed by atoms with E-state index in [1.54, 1.807) is 0 Å². The molecule has 1 heteroatoms. The third-order valence-electron chi connectivity index (χ3n) is 1.17. The molecule has 0 aromatic rings. The van der Waals surface area contributed by atoms with Gasteiger partial charge in [0.05, 0.1) is 0 Å². The summed E-state index contributed by atoms with van der Waals surface area (Å²) < 4.78 is 0. The van der Waals surface area contributed by atoms with Crippen LogP contribution in [0.4, 0.5) is 0 Å². The second kappa shape index (κ2) is 7.78. The molecule has 0 heterocycles. The first-order chi connectivity index (χ1) is 5.00. The molecule has 0 atom stereocenters. The molecule has 0 spiro atoms. The van der Waals surface area contributed by atoms with Crippen molar-refractivity contribution in [3.8, 4) is 0 Å². The van der Waals surface area contributed by atoms with Gasteiger partial charge in [-0.1, -0.05) is 0 Å². The van der Waals surface area contributed by atoms with Crippen LogP contribution in [0.3, 0.4) is 0 Å². The van der Waals surface area contributed by atoms with E-state index in [4.69, 9.17) is 0 Å². The summed E-state index contributed by atoms with van der Waals surface area (Å²) >= 11 is 0. The van der Waals surface area contributed by atoms with Crippen molar-refractivity contribution in [1.29, 1.82) is 0 Å². The van der Waals surface area contributed by atoms with Crippen molar-refractivity contribution in [3.05, 3.63) is 48.6 Å². The van der Waals surface area contributed by atoms with Crippen molar-refractivity contribution in [2.75, 3.05) is 0 Å². The topological polar surface area (TPSA) is 0 Å². The van der Waals surface area contributed by atoms with E-state index in [0.717, 1.165) is 12.8 Å². The largest absolute Gasteiger partial charge is 2.00 e. The molecule has 0 aromatic carbocycles. The third-order valence-corrected chi connectivity index (χ3v) is 1.17. The van der Waals surface area contributed by atoms with Gasteiger partial charge in [-0.15, -0.1) is 12.8 Å². The third kappa shape index (κ3) is 6.09. The van der Waals surface area contributed by atoms with Gasteiger partial charge in [-0.05, 0) is 0 Å². The SMILES string of the molecule is [C-]1=CC=CC1.[C-]1=CC=CC1.[Ti+2]. The fraction of sp³-hybridized carbons (Fsp3) is 0.200. The summed E-state index contributed by atoms with van der Waals surface area (Å²) in [6, 6.07) is 0. The van der Waals surface area contributed by atoms with E-state index in [9.17, 15) is 0 Å². The van der Waals surface area contributed by atoms with Crippen LogP contribution in [0.1, 0.15) is 12.8 Å². The summed E-state index contributed by atoms with van der Waals surface area (Å²) in [6.45, 7) is 0. The maximum absolute atomic E-state index is 2.99. The average Bonchev–Trinajstić information content (AvgIpc) is 2.67. The molecular formula is C10H10Ti. The Labute approximate surface area is 83.3 Å². The van der Waals surface area contributed by atoms with Gasteiger partial charge in [0.1, 0.15) is 0 Å². The minimum absolute atomic E-state index is 0. The number of hydrogen-bond donors (Lipinski definition) is 0. The van der Waals surface area contributed by atoms with Crippen LogP contribution in [0, 0.1) is 12.2 Å². The number of rotatable bonds is 0. The normalized spacial score (nSPS) is 16.0. The van der Waals surface area contributed by atoms with Crippen molar-refractivity contribution in [2.45, 2.75) is 12.8 Å². The minimum atomic E-state index is 0. The first-order valence-electron chi connectivity index (χ1n) is 3.43. The Hall–Kier alpha value is -0.326. The Morgan fingerprint density at radius 1 is 0.818 bits per heavy atom. The molecule has 0 unspecified atom stereocenters. The molecule has 0 N–H and O–H groups in total. The average molecular weight is 178 g/mol. The van der Waals surface area contributed by atoms with Crippen LogP contribution in [0.15, 0.2) is 36.5 Å². The maximum Gasteiger partial charge on any atom is 2.00 e. The Kier molecular flexibility index (Phi) is 7.55. The van der Waals surface area contributed by atoms with Crippen molar-refractivity contribution >= 4 is 0 Å². The zero-order valence-corrected chi connectivity index (χ0v) is 7.94. The van der Waals surface area contributed by atoms with E-state index in [-0.39, 0.29) is 21.7 Å². The zero-order chi connectivity index (χ0) is 7.07. The van der Waals surface area contributed by atoms with Crippen molar-refractivity contribution in [2.24, 2.45) is 0 Å². The Bertz CT molecular complexity index is 143. The standard InChI is InChI=1S/2C5H5.Ti/c2*1-2-4-5-3-1;/h2*1-3H,4H2;/q2*-1;+2. The fourth-order valence-corrected chi connectivity index (χ4v) is 0.680. The summed E-state index contributed by atoms with van der Waals surface area (Å²) in [6.07, 6.45) is 20.0. The van der Waals surface area contributed by atoms with Gasteiger partial charge in [-0.3, -0.25) is 12.2 Å². The van der Waals surface area contributed by atoms with Gasteiger partial charge < -0.3 is 0 Å². The van der Waals surface area contributed by atoms with Gasteiger partial charge in [0.15, 0.2) is 0 Å². The first kappa shape index (κ1) is 10.7. The summed E-state index contributed by atoms with van der Waals surface area (Å²) in [5.74, 6) is 0. The molecule has 2 aliphatic rings. The fourth-order valence-electron chi connectivity index (χ4n) is 0.680. The van der Waals surface area contributed by atoms with Crippen molar-refractivity contribution in [3.63, 3.8) is 0 Å². The van der Waals surface area contributed by atoms with Gasteiger partial charge in [0, 0.05) is 0 Å². The molecule has 11 heavy (non-hydrogen) atoms. The molecule has 0 saturated heterocycles. The second-order valence-electron chi connectivity index (χ2n) is 2.01. The first-order valence-corrected chi connectivity index (χ1v) is 3.43. The van der Waals surface area contributed by atoms with E-state index in [2.05, 4.69) is 24.3 Å². The molecule has 0 nitrogen and oxygen atoms in total. The summed E-state index contributed by atoms with van der Waals surface area (Å²) in [7, 11) is 0. The second-order valence-corrected chi connectivity index (χ2v) is 2.01. The van der Waals surface area contributed by atoms with Gasteiger partial charge in [-0.2, -0.15) is 12.2 Å². The number of hydrogen-bond acceptors (Lipinski definition) is 0. The van der Waals surface area contributed by atoms with Crippen molar-refractivity contribution in [1.82, 2.24) is 0 Å². The molecule has 0 fully saturated rings. The molecular weight excluding hydrogens is 168 g/mol. The minimum Gasteiger partial charge on any atom is -0.273 e. The summed E-state index contributed by atoms with van der Waals surface area (Å²) in [5.41, 5.74) is 0. The molecule has 54 valence electrons. The quantitative estimate of drug-likeness (QED) is 0.395. The predicted molar refractivity (Wildman–Crippen MR) is 43.1 cm³/mol.